The van der Waals surface area contributed by atoms with Crippen molar-refractivity contribution in [3.05, 3.63) is 41.5 Å². The number of hydrogen-bond donors (Lipinski definition) is 1. The van der Waals surface area contributed by atoms with Gasteiger partial charge in [-0.1, -0.05) is 31.2 Å². The lowest BCUT2D eigenvalue weighted by Crippen LogP contribution is -2.22. The van der Waals surface area contributed by atoms with E-state index in [9.17, 15) is 4.79 Å². The number of anilines is 1. The average Bonchev–Trinajstić information content (AvgIpc) is 3.03. The van der Waals surface area contributed by atoms with Crippen LogP contribution in [0.5, 0.6) is 0 Å². The van der Waals surface area contributed by atoms with Crippen molar-refractivity contribution in [3.63, 3.8) is 0 Å². The molecule has 0 saturated heterocycles. The van der Waals surface area contributed by atoms with Gasteiger partial charge in [-0.05, 0) is 17.5 Å². The summed E-state index contributed by atoms with van der Waals surface area (Å²) in [4.78, 5) is 22.4. The highest BCUT2D eigenvalue weighted by Gasteiger charge is 2.16. The first kappa shape index (κ1) is 16.4. The van der Waals surface area contributed by atoms with Crippen molar-refractivity contribution in [2.24, 2.45) is 0 Å². The summed E-state index contributed by atoms with van der Waals surface area (Å²) >= 11 is 1.58. The van der Waals surface area contributed by atoms with Gasteiger partial charge in [0.05, 0.1) is 11.8 Å². The van der Waals surface area contributed by atoms with Gasteiger partial charge in [-0.15, -0.1) is 11.3 Å². The number of nitrogens with zero attached hydrogens (tertiary/aromatic N) is 3. The van der Waals surface area contributed by atoms with Gasteiger partial charge in [0.1, 0.15) is 17.0 Å². The summed E-state index contributed by atoms with van der Waals surface area (Å²) in [5, 5.41) is 12.0. The van der Waals surface area contributed by atoms with Gasteiger partial charge in [0.2, 0.25) is 0 Å². The van der Waals surface area contributed by atoms with E-state index < -0.39 is 5.97 Å². The molecule has 0 unspecified atom stereocenters. The minimum absolute atomic E-state index is 0.0761. The SMILES string of the molecule is CCc1ccc(-c2csc3ncnc(N(C)CCC(=O)O)c23)cc1. The first-order valence-corrected chi connectivity index (χ1v) is 8.72. The zero-order valence-electron chi connectivity index (χ0n) is 13.7. The number of rotatable bonds is 6. The van der Waals surface area contributed by atoms with E-state index in [1.165, 1.54) is 11.9 Å². The zero-order chi connectivity index (χ0) is 17.1. The first-order valence-electron chi connectivity index (χ1n) is 7.84. The molecule has 0 bridgehead atoms. The van der Waals surface area contributed by atoms with Crippen LogP contribution in [0, 0.1) is 0 Å². The predicted molar refractivity (Wildman–Crippen MR) is 97.8 cm³/mol. The molecule has 124 valence electrons. The Bertz CT molecular complexity index is 858. The van der Waals surface area contributed by atoms with Gasteiger partial charge < -0.3 is 10.0 Å². The summed E-state index contributed by atoms with van der Waals surface area (Å²) < 4.78 is 0. The molecule has 0 amide bonds. The number of hydrogen-bond acceptors (Lipinski definition) is 5. The van der Waals surface area contributed by atoms with E-state index in [0.29, 0.717) is 6.54 Å². The lowest BCUT2D eigenvalue weighted by molar-refractivity contribution is -0.136. The Morgan fingerprint density at radius 2 is 2.00 bits per heavy atom. The van der Waals surface area contributed by atoms with Crippen LogP contribution < -0.4 is 4.90 Å². The highest BCUT2D eigenvalue weighted by Crippen LogP contribution is 2.37. The molecule has 0 atom stereocenters. The first-order chi connectivity index (χ1) is 11.6. The van der Waals surface area contributed by atoms with Crippen LogP contribution >= 0.6 is 11.3 Å². The van der Waals surface area contributed by atoms with Crippen LogP contribution in [0.3, 0.4) is 0 Å². The number of aromatic nitrogens is 2. The quantitative estimate of drug-likeness (QED) is 0.738. The fourth-order valence-electron chi connectivity index (χ4n) is 2.65. The van der Waals surface area contributed by atoms with E-state index >= 15 is 0 Å². The molecule has 2 heterocycles. The minimum atomic E-state index is -0.812. The monoisotopic (exact) mass is 341 g/mol. The summed E-state index contributed by atoms with van der Waals surface area (Å²) in [6.07, 6.45) is 2.62. The number of thiophene rings is 1. The number of benzene rings is 1. The van der Waals surface area contributed by atoms with E-state index in [4.69, 9.17) is 5.11 Å². The molecular formula is C18H19N3O2S. The molecule has 0 aliphatic rings. The van der Waals surface area contributed by atoms with Crippen LogP contribution in [0.4, 0.5) is 5.82 Å². The Labute approximate surface area is 144 Å². The maximum atomic E-state index is 10.8. The van der Waals surface area contributed by atoms with E-state index in [1.54, 1.807) is 11.3 Å². The molecule has 5 nitrogen and oxygen atoms in total. The molecule has 0 saturated carbocycles. The number of carboxylic acids is 1. The molecule has 0 aliphatic heterocycles. The number of carboxylic acid groups (broad SMARTS) is 1. The third-order valence-electron chi connectivity index (χ3n) is 4.05. The Balaban J connectivity index is 2.04. The van der Waals surface area contributed by atoms with Crippen molar-refractivity contribution < 1.29 is 9.90 Å². The van der Waals surface area contributed by atoms with E-state index in [-0.39, 0.29) is 6.42 Å². The standard InChI is InChI=1S/C18H19N3O2S/c1-3-12-4-6-13(7-5-12)14-10-24-18-16(14)17(19-11-20-18)21(2)9-8-15(22)23/h4-7,10-11H,3,8-9H2,1-2H3,(H,22,23). The average molecular weight is 341 g/mol. The Morgan fingerprint density at radius 1 is 1.25 bits per heavy atom. The molecule has 0 aliphatic carbocycles. The van der Waals surface area contributed by atoms with E-state index in [0.717, 1.165) is 33.6 Å². The van der Waals surface area contributed by atoms with Gasteiger partial charge in [0.15, 0.2) is 0 Å². The van der Waals surface area contributed by atoms with Crippen LogP contribution in [0.15, 0.2) is 36.0 Å². The molecule has 3 aromatic rings. The molecule has 6 heteroatoms. The number of carbonyl (C=O) groups is 1. The maximum Gasteiger partial charge on any atom is 0.305 e. The van der Waals surface area contributed by atoms with Gasteiger partial charge >= 0.3 is 5.97 Å². The lowest BCUT2D eigenvalue weighted by atomic mass is 10.0. The number of aliphatic carboxylic acids is 1. The summed E-state index contributed by atoms with van der Waals surface area (Å²) in [6.45, 7) is 2.55. The second-order valence-corrected chi connectivity index (χ2v) is 6.50. The third kappa shape index (κ3) is 3.23. The van der Waals surface area contributed by atoms with Gasteiger partial charge in [0, 0.05) is 24.5 Å². The molecule has 0 radical (unpaired) electrons. The number of aryl methyl sites for hydroxylation is 1. The molecule has 1 aromatic carbocycles. The van der Waals surface area contributed by atoms with Crippen LogP contribution in [-0.2, 0) is 11.2 Å². The van der Waals surface area contributed by atoms with Crippen LogP contribution in [0.2, 0.25) is 0 Å². The van der Waals surface area contributed by atoms with Gasteiger partial charge in [0.25, 0.3) is 0 Å². The van der Waals surface area contributed by atoms with Gasteiger partial charge in [-0.2, -0.15) is 0 Å². The summed E-state index contributed by atoms with van der Waals surface area (Å²) in [5.74, 6) is -0.0371. The summed E-state index contributed by atoms with van der Waals surface area (Å²) in [7, 11) is 1.87. The second-order valence-electron chi connectivity index (χ2n) is 5.64. The molecule has 1 N–H and O–H groups in total. The van der Waals surface area contributed by atoms with E-state index in [2.05, 4.69) is 46.5 Å². The van der Waals surface area contributed by atoms with Crippen molar-refractivity contribution in [1.29, 1.82) is 0 Å². The van der Waals surface area contributed by atoms with Crippen molar-refractivity contribution in [2.75, 3.05) is 18.5 Å². The van der Waals surface area contributed by atoms with Crippen LogP contribution in [-0.4, -0.2) is 34.6 Å². The Morgan fingerprint density at radius 3 is 2.67 bits per heavy atom. The topological polar surface area (TPSA) is 66.3 Å². The molecule has 3 rings (SSSR count). The minimum Gasteiger partial charge on any atom is -0.481 e. The summed E-state index contributed by atoms with van der Waals surface area (Å²) in [6, 6.07) is 8.51. The largest absolute Gasteiger partial charge is 0.481 e. The molecule has 0 spiro atoms. The smallest absolute Gasteiger partial charge is 0.305 e. The van der Waals surface area contributed by atoms with Crippen molar-refractivity contribution in [3.8, 4) is 11.1 Å². The highest BCUT2D eigenvalue weighted by molar-refractivity contribution is 7.17. The fraction of sp³-hybridized carbons (Fsp3) is 0.278. The predicted octanol–water partition coefficient (Wildman–Crippen LogP) is 3.83. The molecule has 0 fully saturated rings. The lowest BCUT2D eigenvalue weighted by Gasteiger charge is -2.18. The van der Waals surface area contributed by atoms with Crippen molar-refractivity contribution in [2.45, 2.75) is 19.8 Å². The van der Waals surface area contributed by atoms with Crippen LogP contribution in [0.25, 0.3) is 21.3 Å². The Kier molecular flexibility index (Phi) is 4.76. The molecule has 2 aromatic heterocycles. The zero-order valence-corrected chi connectivity index (χ0v) is 14.5. The van der Waals surface area contributed by atoms with Crippen molar-refractivity contribution in [1.82, 2.24) is 9.97 Å². The van der Waals surface area contributed by atoms with Crippen LogP contribution in [0.1, 0.15) is 18.9 Å². The summed E-state index contributed by atoms with van der Waals surface area (Å²) in [5.41, 5.74) is 3.52. The second kappa shape index (κ2) is 6.97. The van der Waals surface area contributed by atoms with Gasteiger partial charge in [-0.3, -0.25) is 4.79 Å². The maximum absolute atomic E-state index is 10.8. The Hall–Kier alpha value is -2.47. The normalized spacial score (nSPS) is 10.9. The molecule has 24 heavy (non-hydrogen) atoms. The molecular weight excluding hydrogens is 322 g/mol. The fourth-order valence-corrected chi connectivity index (χ4v) is 3.56. The van der Waals surface area contributed by atoms with Crippen molar-refractivity contribution >= 4 is 33.3 Å². The number of fused-ring (bicyclic) bond motifs is 1. The van der Waals surface area contributed by atoms with Gasteiger partial charge in [-0.25, -0.2) is 9.97 Å². The van der Waals surface area contributed by atoms with E-state index in [1.807, 2.05) is 11.9 Å². The highest BCUT2D eigenvalue weighted by atomic mass is 32.1. The third-order valence-corrected chi connectivity index (χ3v) is 4.93.